The first-order valence-corrected chi connectivity index (χ1v) is 7.31. The fourth-order valence-corrected chi connectivity index (χ4v) is 1.72. The summed E-state index contributed by atoms with van der Waals surface area (Å²) in [7, 11) is -3.06. The Bertz CT molecular complexity index is 607. The number of aromatic nitrogens is 2. The monoisotopic (exact) mass is 268 g/mol. The predicted molar refractivity (Wildman–Crippen MR) is 64.9 cm³/mol. The lowest BCUT2D eigenvalue weighted by atomic mass is 10.2. The van der Waals surface area contributed by atoms with Crippen LogP contribution in [-0.4, -0.2) is 37.3 Å². The Morgan fingerprint density at radius 3 is 2.61 bits per heavy atom. The van der Waals surface area contributed by atoms with Crippen molar-refractivity contribution in [2.75, 3.05) is 18.6 Å². The Balaban J connectivity index is 2.09. The van der Waals surface area contributed by atoms with Crippen molar-refractivity contribution < 1.29 is 17.8 Å². The highest BCUT2D eigenvalue weighted by molar-refractivity contribution is 7.90. The summed E-state index contributed by atoms with van der Waals surface area (Å²) in [6.07, 6.45) is 1.15. The Kier molecular flexibility index (Phi) is 3.61. The smallest absolute Gasteiger partial charge is 0.283 e. The van der Waals surface area contributed by atoms with E-state index in [4.69, 9.17) is 4.74 Å². The van der Waals surface area contributed by atoms with Crippen LogP contribution in [0.3, 0.4) is 0 Å². The minimum Gasteiger partial charge on any atom is -0.473 e. The minimum absolute atomic E-state index is 0.0207. The molecule has 0 aliphatic carbocycles. The fourth-order valence-electron chi connectivity index (χ4n) is 1.34. The molecule has 0 radical (unpaired) electrons. The first-order chi connectivity index (χ1) is 8.56. The molecule has 0 spiro atoms. The molecule has 0 aliphatic heterocycles. The molecule has 0 amide bonds. The molecule has 0 N–H and O–H groups in total. The van der Waals surface area contributed by atoms with Gasteiger partial charge in [-0.05, 0) is 10.3 Å². The maximum absolute atomic E-state index is 11.0. The quantitative estimate of drug-likeness (QED) is 0.809. The number of ether oxygens (including phenoxy) is 1. The average molecular weight is 268 g/mol. The van der Waals surface area contributed by atoms with Gasteiger partial charge in [0.2, 0.25) is 0 Å². The van der Waals surface area contributed by atoms with Crippen molar-refractivity contribution in [2.45, 2.75) is 0 Å². The second-order valence-corrected chi connectivity index (χ2v) is 6.02. The molecule has 7 heteroatoms. The zero-order valence-electron chi connectivity index (χ0n) is 9.74. The number of rotatable bonds is 5. The number of hydrogen-bond donors (Lipinski definition) is 0. The molecule has 0 aliphatic rings. The summed E-state index contributed by atoms with van der Waals surface area (Å²) in [6.45, 7) is 0.0207. The minimum atomic E-state index is -3.06. The van der Waals surface area contributed by atoms with E-state index in [9.17, 15) is 8.42 Å². The van der Waals surface area contributed by atoms with Gasteiger partial charge < -0.3 is 4.74 Å². The van der Waals surface area contributed by atoms with Crippen LogP contribution in [0.5, 0.6) is 5.88 Å². The van der Waals surface area contributed by atoms with Crippen molar-refractivity contribution in [2.24, 2.45) is 0 Å². The highest BCUT2D eigenvalue weighted by atomic mass is 32.2. The molecule has 96 valence electrons. The Labute approximate surface area is 104 Å². The molecule has 0 atom stereocenters. The van der Waals surface area contributed by atoms with Crippen LogP contribution >= 0.6 is 0 Å². The van der Waals surface area contributed by atoms with Crippen LogP contribution in [0, 0.1) is 0 Å². The van der Waals surface area contributed by atoms with Gasteiger partial charge in [-0.1, -0.05) is 30.3 Å². The van der Waals surface area contributed by atoms with E-state index in [1.807, 2.05) is 30.3 Å². The summed E-state index contributed by atoms with van der Waals surface area (Å²) < 4.78 is 31.8. The summed E-state index contributed by atoms with van der Waals surface area (Å²) >= 11 is 0. The van der Waals surface area contributed by atoms with Crippen LogP contribution in [0.4, 0.5) is 0 Å². The number of hydrogen-bond acceptors (Lipinski definition) is 6. The first kappa shape index (κ1) is 12.6. The van der Waals surface area contributed by atoms with Crippen LogP contribution in [0.1, 0.15) is 0 Å². The molecule has 18 heavy (non-hydrogen) atoms. The summed E-state index contributed by atoms with van der Waals surface area (Å²) in [5.41, 5.74) is 1.26. The van der Waals surface area contributed by atoms with Crippen molar-refractivity contribution in [1.29, 1.82) is 0 Å². The molecular weight excluding hydrogens is 256 g/mol. The summed E-state index contributed by atoms with van der Waals surface area (Å²) in [4.78, 5) is 0. The van der Waals surface area contributed by atoms with Crippen molar-refractivity contribution in [3.05, 3.63) is 30.3 Å². The zero-order chi connectivity index (χ0) is 13.0. The van der Waals surface area contributed by atoms with Gasteiger partial charge in [0.25, 0.3) is 5.88 Å². The third-order valence-corrected chi connectivity index (χ3v) is 3.11. The van der Waals surface area contributed by atoms with Gasteiger partial charge in [-0.2, -0.15) is 0 Å². The second kappa shape index (κ2) is 5.18. The lowest BCUT2D eigenvalue weighted by Crippen LogP contribution is -2.12. The average Bonchev–Trinajstić information content (AvgIpc) is 2.77. The topological polar surface area (TPSA) is 82.3 Å². The molecule has 0 fully saturated rings. The van der Waals surface area contributed by atoms with E-state index in [2.05, 4.69) is 14.9 Å². The maximum atomic E-state index is 11.0. The van der Waals surface area contributed by atoms with Gasteiger partial charge in [-0.25, -0.2) is 13.0 Å². The largest absolute Gasteiger partial charge is 0.473 e. The van der Waals surface area contributed by atoms with E-state index in [1.54, 1.807) is 0 Å². The highest BCUT2D eigenvalue weighted by Gasteiger charge is 2.14. The standard InChI is InChI=1S/C11H12N2O4S/c1-18(14,15)8-7-16-11-10(12-17-13-11)9-5-3-2-4-6-9/h2-6H,7-8H2,1H3. The Hall–Kier alpha value is -1.89. The molecule has 2 aromatic rings. The molecule has 2 rings (SSSR count). The second-order valence-electron chi connectivity index (χ2n) is 3.76. The number of benzene rings is 1. The van der Waals surface area contributed by atoms with Gasteiger partial charge in [0.15, 0.2) is 15.5 Å². The van der Waals surface area contributed by atoms with Crippen LogP contribution in [0.2, 0.25) is 0 Å². The van der Waals surface area contributed by atoms with Gasteiger partial charge in [-0.15, -0.1) is 0 Å². The van der Waals surface area contributed by atoms with Gasteiger partial charge in [-0.3, -0.25) is 0 Å². The van der Waals surface area contributed by atoms with Crippen LogP contribution in [-0.2, 0) is 9.84 Å². The van der Waals surface area contributed by atoms with E-state index in [-0.39, 0.29) is 18.2 Å². The maximum Gasteiger partial charge on any atom is 0.283 e. The molecule has 0 unspecified atom stereocenters. The fraction of sp³-hybridized carbons (Fsp3) is 0.273. The highest BCUT2D eigenvalue weighted by Crippen LogP contribution is 2.25. The van der Waals surface area contributed by atoms with Crippen molar-refractivity contribution in [1.82, 2.24) is 10.3 Å². The lowest BCUT2D eigenvalue weighted by molar-refractivity contribution is 0.264. The van der Waals surface area contributed by atoms with E-state index >= 15 is 0 Å². The summed E-state index contributed by atoms with van der Waals surface area (Å²) in [6, 6.07) is 9.25. The van der Waals surface area contributed by atoms with Crippen molar-refractivity contribution in [3.63, 3.8) is 0 Å². The lowest BCUT2D eigenvalue weighted by Gasteiger charge is -2.02. The summed E-state index contributed by atoms with van der Waals surface area (Å²) in [5.74, 6) is 0.124. The van der Waals surface area contributed by atoms with Crippen LogP contribution < -0.4 is 4.74 Å². The number of nitrogens with zero attached hydrogens (tertiary/aromatic N) is 2. The molecule has 1 aromatic heterocycles. The molecule has 6 nitrogen and oxygen atoms in total. The van der Waals surface area contributed by atoms with Crippen LogP contribution in [0.15, 0.2) is 35.0 Å². The van der Waals surface area contributed by atoms with E-state index in [0.717, 1.165) is 11.8 Å². The van der Waals surface area contributed by atoms with Crippen molar-refractivity contribution in [3.8, 4) is 17.1 Å². The van der Waals surface area contributed by atoms with Gasteiger partial charge >= 0.3 is 0 Å². The molecule has 1 heterocycles. The first-order valence-electron chi connectivity index (χ1n) is 5.25. The van der Waals surface area contributed by atoms with E-state index in [1.165, 1.54) is 0 Å². The Morgan fingerprint density at radius 1 is 1.22 bits per heavy atom. The predicted octanol–water partition coefficient (Wildman–Crippen LogP) is 1.16. The third kappa shape index (κ3) is 3.30. The van der Waals surface area contributed by atoms with Gasteiger partial charge in [0, 0.05) is 11.8 Å². The molecule has 1 aromatic carbocycles. The van der Waals surface area contributed by atoms with E-state index < -0.39 is 9.84 Å². The van der Waals surface area contributed by atoms with Gasteiger partial charge in [0.1, 0.15) is 6.61 Å². The SMILES string of the molecule is CS(=O)(=O)CCOc1nonc1-c1ccccc1. The zero-order valence-corrected chi connectivity index (χ0v) is 10.6. The van der Waals surface area contributed by atoms with E-state index in [0.29, 0.717) is 5.69 Å². The molecule has 0 bridgehead atoms. The third-order valence-electron chi connectivity index (χ3n) is 2.20. The molecule has 0 saturated heterocycles. The Morgan fingerprint density at radius 2 is 1.94 bits per heavy atom. The normalized spacial score (nSPS) is 11.4. The molecule has 0 saturated carbocycles. The van der Waals surface area contributed by atoms with Gasteiger partial charge in [0.05, 0.1) is 5.75 Å². The van der Waals surface area contributed by atoms with Crippen molar-refractivity contribution >= 4 is 9.84 Å². The molecular formula is C11H12N2O4S. The van der Waals surface area contributed by atoms with Crippen LogP contribution in [0.25, 0.3) is 11.3 Å². The summed E-state index contributed by atoms with van der Waals surface area (Å²) in [5, 5.41) is 7.35. The number of sulfone groups is 1.